The second-order valence-corrected chi connectivity index (χ2v) is 4.36. The van der Waals surface area contributed by atoms with Crippen molar-refractivity contribution in [3.8, 4) is 0 Å². The van der Waals surface area contributed by atoms with E-state index in [9.17, 15) is 4.79 Å². The highest BCUT2D eigenvalue weighted by molar-refractivity contribution is 9.09. The van der Waals surface area contributed by atoms with Crippen molar-refractivity contribution >= 4 is 21.9 Å². The van der Waals surface area contributed by atoms with E-state index >= 15 is 0 Å². The maximum absolute atomic E-state index is 11.1. The highest BCUT2D eigenvalue weighted by Gasteiger charge is 1.99. The molecule has 0 rings (SSSR count). The number of carbonyl (C=O) groups excluding carboxylic acids is 1. The largest absolute Gasteiger partial charge is 0.463 e. The summed E-state index contributed by atoms with van der Waals surface area (Å²) in [5.41, 5.74) is 0. The van der Waals surface area contributed by atoms with Crippen LogP contribution in [-0.4, -0.2) is 17.4 Å². The molecular weight excluding hydrogens is 244 g/mol. The fraction of sp³-hybridized carbons (Fsp3) is 0.727. The first-order valence-electron chi connectivity index (χ1n) is 5.19. The topological polar surface area (TPSA) is 26.3 Å². The van der Waals surface area contributed by atoms with Crippen LogP contribution in [0.3, 0.4) is 0 Å². The van der Waals surface area contributed by atoms with E-state index in [-0.39, 0.29) is 10.8 Å². The van der Waals surface area contributed by atoms with Crippen LogP contribution in [0.25, 0.3) is 0 Å². The number of hydrogen-bond acceptors (Lipinski definition) is 2. The second-order valence-electron chi connectivity index (χ2n) is 3.18. The molecule has 0 radical (unpaired) electrons. The number of alkyl halides is 1. The number of halogens is 1. The van der Waals surface area contributed by atoms with E-state index < -0.39 is 0 Å². The fourth-order valence-corrected chi connectivity index (χ4v) is 1.53. The molecule has 1 unspecified atom stereocenters. The Kier molecular flexibility index (Phi) is 9.05. The van der Waals surface area contributed by atoms with Crippen LogP contribution in [0.2, 0.25) is 0 Å². The summed E-state index contributed by atoms with van der Waals surface area (Å²) in [6.45, 7) is 4.71. The van der Waals surface area contributed by atoms with Crippen LogP contribution in [-0.2, 0) is 9.53 Å². The van der Waals surface area contributed by atoms with Crippen LogP contribution in [0.4, 0.5) is 0 Å². The maximum Gasteiger partial charge on any atom is 0.330 e. The smallest absolute Gasteiger partial charge is 0.330 e. The van der Waals surface area contributed by atoms with Crippen molar-refractivity contribution in [3.63, 3.8) is 0 Å². The Hall–Kier alpha value is -0.310. The highest BCUT2D eigenvalue weighted by atomic mass is 79.9. The number of hydrogen-bond donors (Lipinski definition) is 0. The molecule has 1 atom stereocenters. The summed E-state index contributed by atoms with van der Waals surface area (Å²) < 4.78 is 4.96. The van der Waals surface area contributed by atoms with Crippen LogP contribution in [0.5, 0.6) is 0 Å². The van der Waals surface area contributed by atoms with E-state index in [2.05, 4.69) is 29.8 Å². The molecule has 0 fully saturated rings. The minimum Gasteiger partial charge on any atom is -0.463 e. The Morgan fingerprint density at radius 3 is 2.71 bits per heavy atom. The van der Waals surface area contributed by atoms with Crippen molar-refractivity contribution in [1.29, 1.82) is 0 Å². The second kappa shape index (κ2) is 9.25. The average molecular weight is 263 g/mol. The van der Waals surface area contributed by atoms with Gasteiger partial charge in [-0.25, -0.2) is 4.79 Å². The Morgan fingerprint density at radius 1 is 1.43 bits per heavy atom. The van der Waals surface area contributed by atoms with Gasteiger partial charge in [-0.15, -0.1) is 0 Å². The summed E-state index contributed by atoms with van der Waals surface area (Å²) >= 11 is 3.45. The van der Waals surface area contributed by atoms with Crippen molar-refractivity contribution in [3.05, 3.63) is 12.2 Å². The molecular formula is C11H19BrO2. The lowest BCUT2D eigenvalue weighted by Crippen LogP contribution is -2.03. The number of unbranched alkanes of at least 4 members (excludes halogenated alkanes) is 1. The predicted octanol–water partition coefficient (Wildman–Crippen LogP) is 3.45. The van der Waals surface area contributed by atoms with E-state index in [1.54, 1.807) is 0 Å². The summed E-state index contributed by atoms with van der Waals surface area (Å²) in [6, 6.07) is 0. The van der Waals surface area contributed by atoms with E-state index in [1.165, 1.54) is 6.08 Å². The van der Waals surface area contributed by atoms with Gasteiger partial charge in [0.2, 0.25) is 0 Å². The third-order valence-electron chi connectivity index (χ3n) is 1.75. The highest BCUT2D eigenvalue weighted by Crippen LogP contribution is 2.08. The van der Waals surface area contributed by atoms with Gasteiger partial charge in [-0.3, -0.25) is 0 Å². The summed E-state index contributed by atoms with van der Waals surface area (Å²) in [7, 11) is 0. The third-order valence-corrected chi connectivity index (χ3v) is 2.51. The first kappa shape index (κ1) is 13.7. The fourth-order valence-electron chi connectivity index (χ4n) is 0.920. The van der Waals surface area contributed by atoms with Gasteiger partial charge in [-0.2, -0.15) is 0 Å². The van der Waals surface area contributed by atoms with Crippen molar-refractivity contribution in [2.24, 2.45) is 0 Å². The number of carbonyl (C=O) groups is 1. The molecule has 0 heterocycles. The van der Waals surface area contributed by atoms with Gasteiger partial charge >= 0.3 is 5.97 Å². The summed E-state index contributed by atoms with van der Waals surface area (Å²) in [5.74, 6) is -0.237. The van der Waals surface area contributed by atoms with Gasteiger partial charge < -0.3 is 4.74 Å². The van der Waals surface area contributed by atoms with Gasteiger partial charge in [0.05, 0.1) is 6.61 Å². The molecule has 0 bridgehead atoms. The standard InChI is InChI=1S/C11H19BrO2/c1-3-5-9-14-11(13)8-7-10(12)6-4-2/h7-8,10H,3-6,9H2,1-2H3/b8-7+. The Labute approximate surface area is 94.8 Å². The average Bonchev–Trinajstić information content (AvgIpc) is 2.16. The van der Waals surface area contributed by atoms with Gasteiger partial charge in [0, 0.05) is 10.9 Å². The maximum atomic E-state index is 11.1. The van der Waals surface area contributed by atoms with Crippen molar-refractivity contribution < 1.29 is 9.53 Å². The number of ether oxygens (including phenoxy) is 1. The number of rotatable bonds is 7. The lowest BCUT2D eigenvalue weighted by Gasteiger charge is -2.01. The first-order valence-corrected chi connectivity index (χ1v) is 6.11. The zero-order valence-corrected chi connectivity index (χ0v) is 10.5. The summed E-state index contributed by atoms with van der Waals surface area (Å²) in [4.78, 5) is 11.4. The molecule has 82 valence electrons. The minimum atomic E-state index is -0.237. The Morgan fingerprint density at radius 2 is 2.14 bits per heavy atom. The van der Waals surface area contributed by atoms with Gasteiger partial charge in [0.1, 0.15) is 0 Å². The van der Waals surface area contributed by atoms with Gasteiger partial charge in [0.15, 0.2) is 0 Å². The Bertz CT molecular complexity index is 178. The van der Waals surface area contributed by atoms with E-state index in [1.807, 2.05) is 6.08 Å². The van der Waals surface area contributed by atoms with Crippen molar-refractivity contribution in [1.82, 2.24) is 0 Å². The van der Waals surface area contributed by atoms with E-state index in [4.69, 9.17) is 4.74 Å². The predicted molar refractivity (Wildman–Crippen MR) is 62.6 cm³/mol. The van der Waals surface area contributed by atoms with Crippen LogP contribution in [0.15, 0.2) is 12.2 Å². The molecule has 0 saturated carbocycles. The zero-order chi connectivity index (χ0) is 10.8. The molecule has 0 N–H and O–H groups in total. The quantitative estimate of drug-likeness (QED) is 0.304. The van der Waals surface area contributed by atoms with E-state index in [0.717, 1.165) is 25.7 Å². The molecule has 0 amide bonds. The lowest BCUT2D eigenvalue weighted by molar-refractivity contribution is -0.137. The van der Waals surface area contributed by atoms with Crippen LogP contribution < -0.4 is 0 Å². The minimum absolute atomic E-state index is 0.237. The van der Waals surface area contributed by atoms with Crippen molar-refractivity contribution in [2.75, 3.05) is 6.61 Å². The molecule has 0 aromatic heterocycles. The SMILES string of the molecule is CCCCOC(=O)/C=C/C(Br)CCC. The molecule has 0 saturated heterocycles. The molecule has 0 aliphatic carbocycles. The molecule has 0 aliphatic rings. The van der Waals surface area contributed by atoms with Gasteiger partial charge in [-0.1, -0.05) is 48.7 Å². The zero-order valence-electron chi connectivity index (χ0n) is 8.96. The molecule has 3 heteroatoms. The van der Waals surface area contributed by atoms with E-state index in [0.29, 0.717) is 6.61 Å². The number of esters is 1. The molecule has 0 aromatic rings. The normalized spacial score (nSPS) is 13.1. The Balaban J connectivity index is 3.59. The van der Waals surface area contributed by atoms with Gasteiger partial charge in [0.25, 0.3) is 0 Å². The van der Waals surface area contributed by atoms with Gasteiger partial charge in [-0.05, 0) is 12.8 Å². The van der Waals surface area contributed by atoms with Crippen LogP contribution >= 0.6 is 15.9 Å². The molecule has 2 nitrogen and oxygen atoms in total. The molecule has 14 heavy (non-hydrogen) atoms. The van der Waals surface area contributed by atoms with Crippen LogP contribution in [0.1, 0.15) is 39.5 Å². The van der Waals surface area contributed by atoms with Crippen LogP contribution in [0, 0.1) is 0 Å². The third kappa shape index (κ3) is 8.30. The van der Waals surface area contributed by atoms with Crippen molar-refractivity contribution in [2.45, 2.75) is 44.4 Å². The lowest BCUT2D eigenvalue weighted by atomic mass is 10.2. The number of allylic oxidation sites excluding steroid dienone is 1. The summed E-state index contributed by atoms with van der Waals surface area (Å²) in [5, 5.41) is 0. The monoisotopic (exact) mass is 262 g/mol. The first-order chi connectivity index (χ1) is 6.70. The molecule has 0 spiro atoms. The summed E-state index contributed by atoms with van der Waals surface area (Å²) in [6.07, 6.45) is 7.48. The molecule has 0 aliphatic heterocycles. The molecule has 0 aromatic carbocycles.